The minimum atomic E-state index is -3.93. The van der Waals surface area contributed by atoms with Gasteiger partial charge in [-0.3, -0.25) is 4.98 Å². The number of rotatable bonds is 6. The van der Waals surface area contributed by atoms with E-state index in [0.29, 0.717) is 23.0 Å². The highest BCUT2D eigenvalue weighted by Crippen LogP contribution is 2.30. The molecule has 5 nitrogen and oxygen atoms in total. The van der Waals surface area contributed by atoms with Crippen molar-refractivity contribution in [1.29, 1.82) is 0 Å². The molecule has 26 heavy (non-hydrogen) atoms. The van der Waals surface area contributed by atoms with Crippen LogP contribution in [0, 0.1) is 0 Å². The molecule has 0 aliphatic heterocycles. The van der Waals surface area contributed by atoms with Gasteiger partial charge in [-0.15, -0.1) is 0 Å². The zero-order valence-electron chi connectivity index (χ0n) is 14.0. The van der Waals surface area contributed by atoms with Crippen LogP contribution in [0.3, 0.4) is 0 Å². The van der Waals surface area contributed by atoms with E-state index in [1.807, 2.05) is 37.3 Å². The van der Waals surface area contributed by atoms with Gasteiger partial charge in [0.25, 0.3) is 5.03 Å². The molecule has 0 bridgehead atoms. The number of hydrogen-bond donors (Lipinski definition) is 1. The average Bonchev–Trinajstić information content (AvgIpc) is 3.09. The number of aromatic nitrogens is 2. The Bertz CT molecular complexity index is 987. The van der Waals surface area contributed by atoms with Gasteiger partial charge in [-0.1, -0.05) is 48.9 Å². The fraction of sp³-hybridized carbons (Fsp3) is 0.167. The molecule has 8 heteroatoms. The van der Waals surface area contributed by atoms with E-state index < -0.39 is 21.0 Å². The van der Waals surface area contributed by atoms with Crippen LogP contribution in [0.25, 0.3) is 11.4 Å². The molecule has 3 aromatic rings. The largest absolute Gasteiger partial charge is 0.610 e. The normalized spacial score (nSPS) is 12.9. The Morgan fingerprint density at radius 3 is 2.38 bits per heavy atom. The van der Waals surface area contributed by atoms with Crippen molar-refractivity contribution in [3.63, 3.8) is 0 Å². The van der Waals surface area contributed by atoms with Gasteiger partial charge < -0.3 is 4.55 Å². The molecule has 0 aliphatic rings. The van der Waals surface area contributed by atoms with Gasteiger partial charge in [0.15, 0.2) is 0 Å². The standard InChI is InChI=1S/C18H17ClN2O3S2/c1-2-12-25(22)17-18(21-16(20-17)13-6-4-3-5-7-13)26(23,24)15-10-8-14(19)9-11-15/h3-11H,2,12H2,1H3,(H,20,21). The Morgan fingerprint density at radius 1 is 1.12 bits per heavy atom. The molecule has 0 spiro atoms. The fourth-order valence-electron chi connectivity index (χ4n) is 2.42. The van der Waals surface area contributed by atoms with Crippen LogP contribution < -0.4 is 0 Å². The maximum atomic E-state index is 13.1. The molecule has 0 amide bonds. The van der Waals surface area contributed by atoms with Gasteiger partial charge >= 0.3 is 0 Å². The number of nitrogens with one attached hydrogen (secondary N) is 1. The number of aromatic amines is 1. The lowest BCUT2D eigenvalue weighted by Crippen LogP contribution is -2.12. The Balaban J connectivity index is 2.15. The molecular weight excluding hydrogens is 392 g/mol. The van der Waals surface area contributed by atoms with E-state index >= 15 is 0 Å². The first kappa shape index (κ1) is 19.0. The van der Waals surface area contributed by atoms with Crippen molar-refractivity contribution in [3.05, 3.63) is 59.6 Å². The summed E-state index contributed by atoms with van der Waals surface area (Å²) in [5.41, 5.74) is 0.722. The Kier molecular flexibility index (Phi) is 5.72. The monoisotopic (exact) mass is 408 g/mol. The molecule has 136 valence electrons. The molecule has 0 radical (unpaired) electrons. The van der Waals surface area contributed by atoms with Crippen LogP contribution in [0.5, 0.6) is 0 Å². The molecule has 2 aromatic carbocycles. The third kappa shape index (κ3) is 3.81. The van der Waals surface area contributed by atoms with Gasteiger partial charge in [0.1, 0.15) is 11.6 Å². The minimum Gasteiger partial charge on any atom is -0.610 e. The highest BCUT2D eigenvalue weighted by molar-refractivity contribution is 7.94. The molecule has 1 aromatic heterocycles. The van der Waals surface area contributed by atoms with E-state index in [2.05, 4.69) is 9.97 Å². The summed E-state index contributed by atoms with van der Waals surface area (Å²) in [6.45, 7) is 1.89. The molecule has 1 atom stereocenters. The first-order valence-corrected chi connectivity index (χ1v) is 11.2. The molecule has 0 saturated heterocycles. The quantitative estimate of drug-likeness (QED) is 0.622. The van der Waals surface area contributed by atoms with E-state index in [4.69, 9.17) is 11.6 Å². The molecule has 3 rings (SSSR count). The Morgan fingerprint density at radius 2 is 1.77 bits per heavy atom. The highest BCUT2D eigenvalue weighted by atomic mass is 35.5. The molecule has 1 unspecified atom stereocenters. The van der Waals surface area contributed by atoms with Gasteiger partial charge in [0, 0.05) is 21.8 Å². The van der Waals surface area contributed by atoms with Gasteiger partial charge in [0.05, 0.1) is 4.90 Å². The third-order valence-corrected chi connectivity index (χ3v) is 7.29. The van der Waals surface area contributed by atoms with E-state index in [0.717, 1.165) is 5.56 Å². The lowest BCUT2D eigenvalue weighted by Gasteiger charge is -2.09. The summed E-state index contributed by atoms with van der Waals surface area (Å²) in [4.78, 5) is 7.30. The van der Waals surface area contributed by atoms with Crippen molar-refractivity contribution in [2.45, 2.75) is 28.3 Å². The van der Waals surface area contributed by atoms with Gasteiger partial charge in [-0.2, -0.15) is 0 Å². The number of benzene rings is 2. The predicted octanol–water partition coefficient (Wildman–Crippen LogP) is 4.08. The summed E-state index contributed by atoms with van der Waals surface area (Å²) < 4.78 is 38.7. The van der Waals surface area contributed by atoms with Crippen LogP contribution in [0.15, 0.2) is 69.5 Å². The summed E-state index contributed by atoms with van der Waals surface area (Å²) in [7, 11) is -3.93. The first-order valence-electron chi connectivity index (χ1n) is 7.98. The van der Waals surface area contributed by atoms with Crippen LogP contribution in [0.2, 0.25) is 5.02 Å². The Hall–Kier alpha value is -1.80. The molecule has 0 fully saturated rings. The summed E-state index contributed by atoms with van der Waals surface area (Å²) in [5, 5.41) is 0.358. The maximum absolute atomic E-state index is 13.1. The van der Waals surface area contributed by atoms with Gasteiger partial charge in [0.2, 0.25) is 14.9 Å². The van der Waals surface area contributed by atoms with Crippen LogP contribution in [0.4, 0.5) is 0 Å². The molecule has 1 heterocycles. The summed E-state index contributed by atoms with van der Waals surface area (Å²) in [6, 6.07) is 15.0. The van der Waals surface area contributed by atoms with Crippen molar-refractivity contribution in [2.75, 3.05) is 5.75 Å². The van der Waals surface area contributed by atoms with Crippen LogP contribution >= 0.6 is 11.6 Å². The topological polar surface area (TPSA) is 85.9 Å². The second-order valence-corrected chi connectivity index (χ2v) is 9.40. The van der Waals surface area contributed by atoms with Crippen LogP contribution in [0.1, 0.15) is 13.3 Å². The van der Waals surface area contributed by atoms with Crippen molar-refractivity contribution in [2.24, 2.45) is 0 Å². The minimum absolute atomic E-state index is 0.0581. The van der Waals surface area contributed by atoms with E-state index in [1.54, 1.807) is 0 Å². The van der Waals surface area contributed by atoms with Crippen LogP contribution in [-0.4, -0.2) is 28.7 Å². The zero-order valence-corrected chi connectivity index (χ0v) is 16.4. The van der Waals surface area contributed by atoms with Crippen molar-refractivity contribution < 1.29 is 13.0 Å². The lowest BCUT2D eigenvalue weighted by atomic mass is 10.2. The highest BCUT2D eigenvalue weighted by Gasteiger charge is 2.32. The van der Waals surface area contributed by atoms with E-state index in [-0.39, 0.29) is 14.9 Å². The second-order valence-electron chi connectivity index (χ2n) is 5.59. The number of sulfone groups is 1. The zero-order chi connectivity index (χ0) is 18.7. The molecule has 1 N–H and O–H groups in total. The lowest BCUT2D eigenvalue weighted by molar-refractivity contribution is 0.576. The third-order valence-electron chi connectivity index (χ3n) is 3.68. The summed E-state index contributed by atoms with van der Waals surface area (Å²) >= 11 is 4.35. The second kappa shape index (κ2) is 7.84. The molecule has 0 aliphatic carbocycles. The smallest absolute Gasteiger partial charge is 0.262 e. The average molecular weight is 409 g/mol. The maximum Gasteiger partial charge on any atom is 0.262 e. The summed E-state index contributed by atoms with van der Waals surface area (Å²) in [6.07, 6.45) is 0.659. The van der Waals surface area contributed by atoms with E-state index in [1.165, 1.54) is 24.3 Å². The predicted molar refractivity (Wildman–Crippen MR) is 102 cm³/mol. The fourth-order valence-corrected chi connectivity index (χ4v) is 5.41. The van der Waals surface area contributed by atoms with Crippen LogP contribution in [-0.2, 0) is 21.0 Å². The van der Waals surface area contributed by atoms with Gasteiger partial charge in [-0.25, -0.2) is 13.4 Å². The molecule has 0 saturated carbocycles. The number of imidazole rings is 1. The van der Waals surface area contributed by atoms with Gasteiger partial charge in [-0.05, 0) is 30.7 Å². The number of H-pyrrole nitrogens is 1. The first-order chi connectivity index (χ1) is 12.4. The summed E-state index contributed by atoms with van der Waals surface area (Å²) in [5.74, 6) is 0.720. The SMILES string of the molecule is CCC[S+]([O-])c1[nH]c(-c2ccccc2)nc1S(=O)(=O)c1ccc(Cl)cc1. The van der Waals surface area contributed by atoms with Crippen molar-refractivity contribution >= 4 is 32.6 Å². The van der Waals surface area contributed by atoms with Crippen molar-refractivity contribution in [3.8, 4) is 11.4 Å². The van der Waals surface area contributed by atoms with Crippen molar-refractivity contribution in [1.82, 2.24) is 9.97 Å². The Labute approximate surface area is 160 Å². The molecular formula is C18H17ClN2O3S2. The number of nitrogens with zero attached hydrogens (tertiary/aromatic N) is 1. The number of hydrogen-bond acceptors (Lipinski definition) is 4. The number of halogens is 1. The van der Waals surface area contributed by atoms with E-state index in [9.17, 15) is 13.0 Å².